The molecule has 0 atom stereocenters. The molecule has 1 aliphatic heterocycles. The number of rotatable bonds is 5. The van der Waals surface area contributed by atoms with Crippen LogP contribution in [0.15, 0.2) is 64.7 Å². The molecule has 2 aromatic carbocycles. The van der Waals surface area contributed by atoms with Gasteiger partial charge in [0.2, 0.25) is 5.52 Å². The first-order valence-corrected chi connectivity index (χ1v) is 10.7. The van der Waals surface area contributed by atoms with Gasteiger partial charge in [0.15, 0.2) is 6.20 Å². The highest BCUT2D eigenvalue weighted by Gasteiger charge is 2.23. The van der Waals surface area contributed by atoms with Gasteiger partial charge in [-0.2, -0.15) is 4.57 Å². The summed E-state index contributed by atoms with van der Waals surface area (Å²) in [5.74, 6) is 0. The Labute approximate surface area is 187 Å². The number of pyridine rings is 1. The van der Waals surface area contributed by atoms with Gasteiger partial charge in [0.25, 0.3) is 0 Å². The minimum atomic E-state index is 0. The Hall–Kier alpha value is -1.49. The minimum Gasteiger partial charge on any atom is -1.00 e. The van der Waals surface area contributed by atoms with Crippen molar-refractivity contribution in [2.45, 2.75) is 37.6 Å². The molecule has 1 aliphatic rings. The average Bonchev–Trinajstić information content (AvgIpc) is 2.99. The molecule has 2 nitrogen and oxygen atoms in total. The molecule has 4 rings (SSSR count). The van der Waals surface area contributed by atoms with Crippen molar-refractivity contribution in [1.29, 1.82) is 0 Å². The molecule has 0 saturated heterocycles. The third kappa shape index (κ3) is 4.24. The Morgan fingerprint density at radius 2 is 1.93 bits per heavy atom. The first-order valence-electron chi connectivity index (χ1n) is 9.51. The molecule has 0 radical (unpaired) electrons. The van der Waals surface area contributed by atoms with Crippen LogP contribution in [-0.4, -0.2) is 7.05 Å². The summed E-state index contributed by atoms with van der Waals surface area (Å²) in [5.41, 5.74) is 3.73. The third-order valence-corrected chi connectivity index (χ3v) is 6.47. The van der Waals surface area contributed by atoms with Crippen LogP contribution in [0.4, 0.5) is 5.69 Å². The summed E-state index contributed by atoms with van der Waals surface area (Å²) in [4.78, 5) is 3.48. The summed E-state index contributed by atoms with van der Waals surface area (Å²) in [7, 11) is 2.11. The lowest BCUT2D eigenvalue weighted by Crippen LogP contribution is -3.00. The second kappa shape index (κ2) is 9.34. The summed E-state index contributed by atoms with van der Waals surface area (Å²) in [5, 5.41) is 3.30. The summed E-state index contributed by atoms with van der Waals surface area (Å²) >= 11 is 7.99. The van der Waals surface area contributed by atoms with E-state index in [1.165, 1.54) is 51.3 Å². The molecule has 28 heavy (non-hydrogen) atoms. The van der Waals surface area contributed by atoms with Gasteiger partial charge < -0.3 is 21.9 Å². The monoisotopic (exact) mass is 474 g/mol. The number of hydrogen-bond acceptors (Lipinski definition) is 2. The van der Waals surface area contributed by atoms with Gasteiger partial charge in [-0.05, 0) is 42.3 Å². The van der Waals surface area contributed by atoms with Crippen LogP contribution in [-0.2, 0) is 6.54 Å². The number of aryl methyl sites for hydroxylation is 1. The van der Waals surface area contributed by atoms with Crippen molar-refractivity contribution in [3.8, 4) is 0 Å². The number of para-hydroxylation sites is 1. The number of thioether (sulfide) groups is 1. The molecule has 1 aromatic heterocycles. The van der Waals surface area contributed by atoms with Gasteiger partial charge in [-0.3, -0.25) is 0 Å². The Kier molecular flexibility index (Phi) is 7.08. The number of hydrogen-bond donors (Lipinski definition) is 0. The summed E-state index contributed by atoms with van der Waals surface area (Å²) in [6, 6.07) is 17.0. The number of aromatic nitrogens is 1. The Bertz CT molecular complexity index is 1020. The van der Waals surface area contributed by atoms with Crippen molar-refractivity contribution in [3.63, 3.8) is 0 Å². The number of nitrogens with zero attached hydrogens (tertiary/aromatic N) is 2. The fraction of sp³-hybridized carbons (Fsp3) is 0.261. The number of unbranched alkanes of at least 4 members (excludes halogenated alkanes) is 2. The van der Waals surface area contributed by atoms with Crippen LogP contribution in [0.5, 0.6) is 0 Å². The van der Waals surface area contributed by atoms with E-state index < -0.39 is 0 Å². The standard InChI is InChI=1S/C23H24ClN2S.BrH/c1-3-4-7-13-26-14-12-17(19-8-5-6-9-20(19)26)15-23-25(2)21-16-18(24)10-11-22(21)27-23;/h5-6,8-12,14-16H,3-4,7,13H2,1-2H3;1H/q+1;/p-1. The summed E-state index contributed by atoms with van der Waals surface area (Å²) in [6.07, 6.45) is 8.26. The molecule has 2 heterocycles. The fourth-order valence-electron chi connectivity index (χ4n) is 3.56. The maximum absolute atomic E-state index is 6.19. The van der Waals surface area contributed by atoms with Crippen LogP contribution in [0.25, 0.3) is 17.0 Å². The molecule has 0 N–H and O–H groups in total. The molecule has 0 bridgehead atoms. The van der Waals surface area contributed by atoms with E-state index >= 15 is 0 Å². The zero-order valence-corrected chi connectivity index (χ0v) is 19.3. The predicted octanol–water partition coefficient (Wildman–Crippen LogP) is 3.52. The maximum Gasteiger partial charge on any atom is 0.213 e. The van der Waals surface area contributed by atoms with Crippen molar-refractivity contribution >= 4 is 46.0 Å². The highest BCUT2D eigenvalue weighted by Crippen LogP contribution is 2.46. The van der Waals surface area contributed by atoms with Gasteiger partial charge in [-0.25, -0.2) is 0 Å². The van der Waals surface area contributed by atoms with Crippen LogP contribution in [0.3, 0.4) is 0 Å². The molecule has 0 amide bonds. The van der Waals surface area contributed by atoms with Crippen LogP contribution >= 0.6 is 23.4 Å². The molecule has 146 valence electrons. The number of anilines is 1. The zero-order valence-electron chi connectivity index (χ0n) is 16.2. The van der Waals surface area contributed by atoms with Gasteiger partial charge in [0.1, 0.15) is 6.54 Å². The predicted molar refractivity (Wildman–Crippen MR) is 117 cm³/mol. The molecular formula is C23H24BrClN2S. The van der Waals surface area contributed by atoms with Gasteiger partial charge >= 0.3 is 0 Å². The van der Waals surface area contributed by atoms with Crippen molar-refractivity contribution in [2.75, 3.05) is 11.9 Å². The van der Waals surface area contributed by atoms with Crippen LogP contribution in [0, 0.1) is 0 Å². The fourth-order valence-corrected chi connectivity index (χ4v) is 4.81. The van der Waals surface area contributed by atoms with Crippen molar-refractivity contribution in [2.24, 2.45) is 0 Å². The molecule has 0 fully saturated rings. The smallest absolute Gasteiger partial charge is 0.213 e. The first-order chi connectivity index (χ1) is 13.2. The molecule has 0 unspecified atom stereocenters. The highest BCUT2D eigenvalue weighted by molar-refractivity contribution is 8.03. The Balaban J connectivity index is 0.00000225. The van der Waals surface area contributed by atoms with E-state index in [0.29, 0.717) is 0 Å². The molecule has 0 spiro atoms. The summed E-state index contributed by atoms with van der Waals surface area (Å²) in [6.45, 7) is 3.32. The quantitative estimate of drug-likeness (QED) is 0.412. The topological polar surface area (TPSA) is 7.12 Å². The van der Waals surface area contributed by atoms with Crippen LogP contribution in [0.1, 0.15) is 31.7 Å². The van der Waals surface area contributed by atoms with E-state index in [1.807, 2.05) is 12.1 Å². The molecule has 3 aromatic rings. The Morgan fingerprint density at radius 3 is 2.75 bits per heavy atom. The van der Waals surface area contributed by atoms with Crippen LogP contribution < -0.4 is 26.4 Å². The lowest BCUT2D eigenvalue weighted by molar-refractivity contribution is -0.671. The molecule has 0 saturated carbocycles. The second-order valence-electron chi connectivity index (χ2n) is 6.94. The van der Waals surface area contributed by atoms with Crippen LogP contribution in [0.2, 0.25) is 5.02 Å². The number of benzene rings is 2. The minimum absolute atomic E-state index is 0. The van der Waals surface area contributed by atoms with E-state index in [0.717, 1.165) is 11.6 Å². The lowest BCUT2D eigenvalue weighted by atomic mass is 10.1. The second-order valence-corrected chi connectivity index (χ2v) is 8.44. The normalized spacial score (nSPS) is 14.4. The van der Waals surface area contributed by atoms with Crippen molar-refractivity contribution < 1.29 is 21.5 Å². The first kappa shape index (κ1) is 21.2. The molecule has 5 heteroatoms. The zero-order chi connectivity index (χ0) is 18.8. The van der Waals surface area contributed by atoms with Gasteiger partial charge in [-0.15, -0.1) is 0 Å². The van der Waals surface area contributed by atoms with Crippen molar-refractivity contribution in [3.05, 3.63) is 70.3 Å². The average molecular weight is 476 g/mol. The van der Waals surface area contributed by atoms with E-state index in [2.05, 4.69) is 72.1 Å². The number of fused-ring (bicyclic) bond motifs is 2. The van der Waals surface area contributed by atoms with Crippen molar-refractivity contribution in [1.82, 2.24) is 0 Å². The Morgan fingerprint density at radius 1 is 1.11 bits per heavy atom. The molecular weight excluding hydrogens is 452 g/mol. The lowest BCUT2D eigenvalue weighted by Gasteiger charge is -2.14. The van der Waals surface area contributed by atoms with E-state index in [-0.39, 0.29) is 17.0 Å². The largest absolute Gasteiger partial charge is 1.00 e. The SMILES string of the molecule is CCCCC[n+]1ccc(/C=C2/Sc3ccc(Cl)cc3N2C)c2ccccc21.[Br-]. The number of halogens is 2. The van der Waals surface area contributed by atoms with Gasteiger partial charge in [-0.1, -0.05) is 48.8 Å². The maximum atomic E-state index is 6.19. The van der Waals surface area contributed by atoms with E-state index in [4.69, 9.17) is 11.6 Å². The van der Waals surface area contributed by atoms with Gasteiger partial charge in [0, 0.05) is 35.5 Å². The summed E-state index contributed by atoms with van der Waals surface area (Å²) < 4.78 is 2.38. The third-order valence-electron chi connectivity index (χ3n) is 5.07. The molecule has 0 aliphatic carbocycles. The highest BCUT2D eigenvalue weighted by atomic mass is 79.9. The van der Waals surface area contributed by atoms with E-state index in [1.54, 1.807) is 11.8 Å². The van der Waals surface area contributed by atoms with E-state index in [9.17, 15) is 0 Å². The van der Waals surface area contributed by atoms with Gasteiger partial charge in [0.05, 0.1) is 16.1 Å².